The molecule has 0 aliphatic carbocycles. The van der Waals surface area contributed by atoms with Crippen molar-refractivity contribution in [3.05, 3.63) is 11.8 Å². The molecule has 1 aromatic heterocycles. The van der Waals surface area contributed by atoms with Crippen LogP contribution < -0.4 is 11.1 Å². The first-order valence-corrected chi connectivity index (χ1v) is 5.88. The van der Waals surface area contributed by atoms with Gasteiger partial charge in [0.05, 0.1) is 0 Å². The van der Waals surface area contributed by atoms with Crippen molar-refractivity contribution in [3.63, 3.8) is 0 Å². The maximum atomic E-state index is 11.8. The molecule has 1 amide bonds. The average Bonchev–Trinajstić information content (AvgIpc) is 2.64. The Kier molecular flexibility index (Phi) is 4.96. The molecular weight excluding hydrogens is 218 g/mol. The fourth-order valence-corrected chi connectivity index (χ4v) is 1.66. The quantitative estimate of drug-likeness (QED) is 0.737. The van der Waals surface area contributed by atoms with Crippen molar-refractivity contribution in [2.24, 2.45) is 7.05 Å². The Bertz CT molecular complexity index is 370. The van der Waals surface area contributed by atoms with Crippen molar-refractivity contribution < 1.29 is 4.79 Å². The maximum absolute atomic E-state index is 11.8. The van der Waals surface area contributed by atoms with Crippen LogP contribution in [0.25, 0.3) is 0 Å². The normalized spacial score (nSPS) is 10.8. The van der Waals surface area contributed by atoms with Crippen LogP contribution in [0.15, 0.2) is 6.07 Å². The number of carbonyl (C=O) groups excluding carboxylic acids is 1. The van der Waals surface area contributed by atoms with Gasteiger partial charge in [-0.2, -0.15) is 5.10 Å². The second-order valence-corrected chi connectivity index (χ2v) is 3.86. The lowest BCUT2D eigenvalue weighted by atomic mass is 10.4. The first kappa shape index (κ1) is 13.5. The number of nitrogens with two attached hydrogens (primary N) is 1. The topological polar surface area (TPSA) is 76.2 Å². The minimum Gasteiger partial charge on any atom is -0.382 e. The number of hydrogen-bond acceptors (Lipinski definition) is 4. The number of likely N-dealkylation sites (N-methyl/N-ethyl adjacent to an activating group) is 1. The van der Waals surface area contributed by atoms with Crippen molar-refractivity contribution in [3.8, 4) is 0 Å². The molecule has 1 rings (SSSR count). The summed E-state index contributed by atoms with van der Waals surface area (Å²) in [5.74, 6) is 0.227. The summed E-state index contributed by atoms with van der Waals surface area (Å²) < 4.78 is 1.49. The monoisotopic (exact) mass is 239 g/mol. The Morgan fingerprint density at radius 3 is 2.65 bits per heavy atom. The molecule has 0 unspecified atom stereocenters. The molecule has 0 saturated heterocycles. The van der Waals surface area contributed by atoms with Crippen molar-refractivity contribution in [2.45, 2.75) is 13.8 Å². The number of anilines is 1. The number of nitrogen functional groups attached to an aromatic ring is 1. The van der Waals surface area contributed by atoms with E-state index < -0.39 is 0 Å². The fourth-order valence-electron chi connectivity index (χ4n) is 1.66. The van der Waals surface area contributed by atoms with Gasteiger partial charge in [-0.05, 0) is 13.1 Å². The molecule has 1 heterocycles. The number of aryl methyl sites for hydroxylation is 1. The van der Waals surface area contributed by atoms with Gasteiger partial charge in [-0.15, -0.1) is 0 Å². The standard InChI is InChI=1S/C11H21N5O/c1-4-16(5-2)7-6-13-11(17)9-8-10(12)14-15(9)3/h8H,4-7H2,1-3H3,(H2,12,14)(H,13,17). The minimum absolute atomic E-state index is 0.135. The molecule has 0 aliphatic rings. The average molecular weight is 239 g/mol. The number of amides is 1. The summed E-state index contributed by atoms with van der Waals surface area (Å²) in [5, 5.41) is 6.79. The molecule has 3 N–H and O–H groups in total. The van der Waals surface area contributed by atoms with E-state index in [1.54, 1.807) is 13.1 Å². The summed E-state index contributed by atoms with van der Waals surface area (Å²) in [6.45, 7) is 7.67. The predicted octanol–water partition coefficient (Wildman–Crippen LogP) is 0.0739. The van der Waals surface area contributed by atoms with Crippen LogP contribution in [0.1, 0.15) is 24.3 Å². The Labute approximate surface area is 102 Å². The number of hydrogen-bond donors (Lipinski definition) is 2. The zero-order valence-electron chi connectivity index (χ0n) is 10.7. The van der Waals surface area contributed by atoms with Gasteiger partial charge >= 0.3 is 0 Å². The summed E-state index contributed by atoms with van der Waals surface area (Å²) in [6.07, 6.45) is 0. The van der Waals surface area contributed by atoms with E-state index in [9.17, 15) is 4.79 Å². The Balaban J connectivity index is 2.42. The summed E-state index contributed by atoms with van der Waals surface area (Å²) in [5.41, 5.74) is 6.01. The fraction of sp³-hybridized carbons (Fsp3) is 0.636. The smallest absolute Gasteiger partial charge is 0.269 e. The molecule has 0 bridgehead atoms. The molecule has 17 heavy (non-hydrogen) atoms. The molecule has 0 aliphatic heterocycles. The highest BCUT2D eigenvalue weighted by molar-refractivity contribution is 5.93. The van der Waals surface area contributed by atoms with Crippen LogP contribution in [-0.4, -0.2) is 46.8 Å². The van der Waals surface area contributed by atoms with Gasteiger partial charge in [-0.3, -0.25) is 9.48 Å². The van der Waals surface area contributed by atoms with Crippen molar-refractivity contribution in [1.82, 2.24) is 20.0 Å². The molecule has 96 valence electrons. The summed E-state index contributed by atoms with van der Waals surface area (Å²) >= 11 is 0. The van der Waals surface area contributed by atoms with Gasteiger partial charge in [-0.25, -0.2) is 0 Å². The molecule has 1 aromatic rings. The number of nitrogens with one attached hydrogen (secondary N) is 1. The van der Waals surface area contributed by atoms with Crippen LogP contribution in [-0.2, 0) is 7.05 Å². The van der Waals surface area contributed by atoms with Gasteiger partial charge in [0.1, 0.15) is 11.5 Å². The lowest BCUT2D eigenvalue weighted by Gasteiger charge is -2.17. The first-order valence-electron chi connectivity index (χ1n) is 5.88. The SMILES string of the molecule is CCN(CC)CCNC(=O)c1cc(N)nn1C. The third-order valence-corrected chi connectivity index (χ3v) is 2.74. The Morgan fingerprint density at radius 2 is 2.18 bits per heavy atom. The van der Waals surface area contributed by atoms with Crippen molar-refractivity contribution in [1.29, 1.82) is 0 Å². The van der Waals surface area contributed by atoms with E-state index in [0.717, 1.165) is 19.6 Å². The van der Waals surface area contributed by atoms with Crippen LogP contribution in [0.3, 0.4) is 0 Å². The van der Waals surface area contributed by atoms with E-state index >= 15 is 0 Å². The largest absolute Gasteiger partial charge is 0.382 e. The highest BCUT2D eigenvalue weighted by Crippen LogP contribution is 2.03. The third kappa shape index (κ3) is 3.74. The molecule has 0 atom stereocenters. The van der Waals surface area contributed by atoms with Gasteiger partial charge in [-0.1, -0.05) is 13.8 Å². The van der Waals surface area contributed by atoms with E-state index in [1.165, 1.54) is 4.68 Å². The Hall–Kier alpha value is -1.56. The summed E-state index contributed by atoms with van der Waals surface area (Å²) in [6, 6.07) is 1.58. The predicted molar refractivity (Wildman–Crippen MR) is 67.7 cm³/mol. The minimum atomic E-state index is -0.135. The number of aromatic nitrogens is 2. The highest BCUT2D eigenvalue weighted by atomic mass is 16.2. The summed E-state index contributed by atoms with van der Waals surface area (Å²) in [7, 11) is 1.70. The van der Waals surface area contributed by atoms with Gasteiger partial charge in [0.15, 0.2) is 0 Å². The molecule has 0 spiro atoms. The van der Waals surface area contributed by atoms with E-state index in [4.69, 9.17) is 5.73 Å². The van der Waals surface area contributed by atoms with E-state index in [0.29, 0.717) is 18.1 Å². The van der Waals surface area contributed by atoms with Gasteiger partial charge in [0.25, 0.3) is 5.91 Å². The molecule has 0 aromatic carbocycles. The number of rotatable bonds is 6. The van der Waals surface area contributed by atoms with Crippen LogP contribution in [0.2, 0.25) is 0 Å². The van der Waals surface area contributed by atoms with E-state index in [-0.39, 0.29) is 5.91 Å². The van der Waals surface area contributed by atoms with Crippen LogP contribution >= 0.6 is 0 Å². The summed E-state index contributed by atoms with van der Waals surface area (Å²) in [4.78, 5) is 14.0. The zero-order valence-corrected chi connectivity index (χ0v) is 10.7. The van der Waals surface area contributed by atoms with Crippen LogP contribution in [0, 0.1) is 0 Å². The van der Waals surface area contributed by atoms with Gasteiger partial charge in [0, 0.05) is 26.2 Å². The first-order chi connectivity index (χ1) is 8.08. The van der Waals surface area contributed by atoms with E-state index in [1.807, 2.05) is 0 Å². The number of carbonyl (C=O) groups is 1. The van der Waals surface area contributed by atoms with Gasteiger partial charge in [0.2, 0.25) is 0 Å². The van der Waals surface area contributed by atoms with Crippen LogP contribution in [0.4, 0.5) is 5.82 Å². The maximum Gasteiger partial charge on any atom is 0.269 e. The molecule has 0 saturated carbocycles. The third-order valence-electron chi connectivity index (χ3n) is 2.74. The van der Waals surface area contributed by atoms with Gasteiger partial charge < -0.3 is 16.0 Å². The highest BCUT2D eigenvalue weighted by Gasteiger charge is 2.11. The van der Waals surface area contributed by atoms with Crippen LogP contribution in [0.5, 0.6) is 0 Å². The Morgan fingerprint density at radius 1 is 1.53 bits per heavy atom. The lowest BCUT2D eigenvalue weighted by Crippen LogP contribution is -2.35. The zero-order chi connectivity index (χ0) is 12.8. The van der Waals surface area contributed by atoms with Crippen molar-refractivity contribution >= 4 is 11.7 Å². The van der Waals surface area contributed by atoms with Crippen molar-refractivity contribution in [2.75, 3.05) is 31.9 Å². The molecule has 0 radical (unpaired) electrons. The second kappa shape index (κ2) is 6.24. The molecule has 0 fully saturated rings. The lowest BCUT2D eigenvalue weighted by molar-refractivity contribution is 0.0939. The molecular formula is C11H21N5O. The number of nitrogens with zero attached hydrogens (tertiary/aromatic N) is 3. The molecule has 6 heteroatoms. The van der Waals surface area contributed by atoms with E-state index in [2.05, 4.69) is 29.2 Å². The molecule has 6 nitrogen and oxygen atoms in total. The second-order valence-electron chi connectivity index (χ2n) is 3.86.